The van der Waals surface area contributed by atoms with Crippen molar-refractivity contribution in [2.24, 2.45) is 0 Å². The molecule has 0 fully saturated rings. The molecule has 0 atom stereocenters. The van der Waals surface area contributed by atoms with Gasteiger partial charge < -0.3 is 9.79 Å². The van der Waals surface area contributed by atoms with Crippen molar-refractivity contribution in [1.82, 2.24) is 4.67 Å². The molecule has 0 saturated carbocycles. The van der Waals surface area contributed by atoms with Crippen LogP contribution < -0.4 is 0 Å². The molecule has 0 rings (SSSR count). The minimum atomic E-state index is -4.16. The van der Waals surface area contributed by atoms with Crippen LogP contribution in [0.1, 0.15) is 79.1 Å². The van der Waals surface area contributed by atoms with Crippen molar-refractivity contribution < 1.29 is 14.4 Å². The normalized spacial score (nSPS) is 13.2. The van der Waals surface area contributed by atoms with Gasteiger partial charge in [-0.2, -0.15) is 0 Å². The highest BCUT2D eigenvalue weighted by atomic mass is 31.2. The molecule has 0 aromatic heterocycles. The smallest absolute Gasteiger partial charge is 0.312 e. The Morgan fingerprint density at radius 1 is 0.947 bits per heavy atom. The summed E-state index contributed by atoms with van der Waals surface area (Å²) < 4.78 is 13.1. The molecule has 0 heterocycles. The number of hydrogen-bond acceptors (Lipinski definition) is 1. The van der Waals surface area contributed by atoms with Crippen LogP contribution >= 0.6 is 7.75 Å². The van der Waals surface area contributed by atoms with E-state index in [1.807, 2.05) is 13.8 Å². The molecule has 0 unspecified atom stereocenters. The Balaban J connectivity index is 4.50. The largest absolute Gasteiger partial charge is 0.403 e. The third-order valence-corrected chi connectivity index (χ3v) is 5.00. The lowest BCUT2D eigenvalue weighted by atomic mass is 9.96. The molecule has 0 aliphatic heterocycles. The fourth-order valence-corrected chi connectivity index (χ4v) is 3.62. The molecule has 0 saturated heterocycles. The highest BCUT2D eigenvalue weighted by Crippen LogP contribution is 2.47. The van der Waals surface area contributed by atoms with Gasteiger partial charge in [-0.05, 0) is 26.7 Å². The molecule has 0 aromatic rings. The molecule has 0 radical (unpaired) electrons. The Labute approximate surface area is 118 Å². The van der Waals surface area contributed by atoms with Gasteiger partial charge in [0.15, 0.2) is 0 Å². The van der Waals surface area contributed by atoms with E-state index in [1.54, 1.807) is 0 Å². The lowest BCUT2D eigenvalue weighted by molar-refractivity contribution is 0.153. The van der Waals surface area contributed by atoms with Crippen LogP contribution in [0.4, 0.5) is 0 Å². The van der Waals surface area contributed by atoms with Crippen molar-refractivity contribution in [3.05, 3.63) is 0 Å². The van der Waals surface area contributed by atoms with Gasteiger partial charge in [0.1, 0.15) is 0 Å². The molecule has 2 N–H and O–H groups in total. The molecule has 0 amide bonds. The van der Waals surface area contributed by atoms with Crippen molar-refractivity contribution in [2.75, 3.05) is 6.54 Å². The minimum absolute atomic E-state index is 0.430. The molecule has 0 aromatic carbocycles. The van der Waals surface area contributed by atoms with Gasteiger partial charge in [0.2, 0.25) is 0 Å². The average molecular weight is 293 g/mol. The Bertz CT molecular complexity index is 276. The van der Waals surface area contributed by atoms with Gasteiger partial charge in [0, 0.05) is 12.1 Å². The summed E-state index contributed by atoms with van der Waals surface area (Å²) in [5, 5.41) is 0. The summed E-state index contributed by atoms with van der Waals surface area (Å²) in [7, 11) is -4.16. The van der Waals surface area contributed by atoms with Crippen LogP contribution in [0.15, 0.2) is 0 Å². The summed E-state index contributed by atoms with van der Waals surface area (Å²) in [5.41, 5.74) is -0.430. The Kier molecular flexibility index (Phi) is 9.17. The Hall–Kier alpha value is 0.110. The van der Waals surface area contributed by atoms with E-state index in [0.29, 0.717) is 6.54 Å². The molecule has 0 aliphatic carbocycles. The molecular weight excluding hydrogens is 261 g/mol. The second kappa shape index (κ2) is 9.12. The SMILES string of the molecule is CCCCCCN(C(C)(C)CCCCC)P(=O)(O)O. The monoisotopic (exact) mass is 293 g/mol. The Morgan fingerprint density at radius 3 is 1.95 bits per heavy atom. The zero-order valence-electron chi connectivity index (χ0n) is 13.1. The van der Waals surface area contributed by atoms with E-state index in [-0.39, 0.29) is 0 Å². The summed E-state index contributed by atoms with van der Waals surface area (Å²) in [4.78, 5) is 19.1. The lowest BCUT2D eigenvalue weighted by Crippen LogP contribution is -2.42. The first kappa shape index (κ1) is 19.1. The first-order valence-corrected chi connectivity index (χ1v) is 9.16. The fraction of sp³-hybridized carbons (Fsp3) is 1.00. The van der Waals surface area contributed by atoms with Crippen LogP contribution in [0.25, 0.3) is 0 Å². The predicted octanol–water partition coefficient (Wildman–Crippen LogP) is 4.32. The minimum Gasteiger partial charge on any atom is -0.312 e. The fourth-order valence-electron chi connectivity index (χ4n) is 2.41. The molecule has 19 heavy (non-hydrogen) atoms. The van der Waals surface area contributed by atoms with Gasteiger partial charge in [0.25, 0.3) is 0 Å². The van der Waals surface area contributed by atoms with Crippen molar-refractivity contribution >= 4 is 7.75 Å². The van der Waals surface area contributed by atoms with E-state index in [0.717, 1.165) is 51.4 Å². The maximum Gasteiger partial charge on any atom is 0.403 e. The number of nitrogens with zero attached hydrogens (tertiary/aromatic N) is 1. The molecule has 0 spiro atoms. The molecular formula is C14H32NO3P. The van der Waals surface area contributed by atoms with Crippen LogP contribution in [-0.4, -0.2) is 26.5 Å². The number of rotatable bonds is 11. The van der Waals surface area contributed by atoms with E-state index in [1.165, 1.54) is 4.67 Å². The van der Waals surface area contributed by atoms with Gasteiger partial charge in [-0.15, -0.1) is 0 Å². The zero-order valence-corrected chi connectivity index (χ0v) is 14.0. The first-order chi connectivity index (χ1) is 8.75. The summed E-state index contributed by atoms with van der Waals surface area (Å²) in [6, 6.07) is 0. The number of hydrogen-bond donors (Lipinski definition) is 2. The van der Waals surface area contributed by atoms with Crippen LogP contribution in [0.3, 0.4) is 0 Å². The second-order valence-electron chi connectivity index (χ2n) is 5.97. The van der Waals surface area contributed by atoms with Gasteiger partial charge in [-0.3, -0.25) is 0 Å². The Morgan fingerprint density at radius 2 is 1.47 bits per heavy atom. The van der Waals surface area contributed by atoms with E-state index in [4.69, 9.17) is 0 Å². The number of unbranched alkanes of at least 4 members (excludes halogenated alkanes) is 5. The van der Waals surface area contributed by atoms with Crippen LogP contribution in [0.2, 0.25) is 0 Å². The van der Waals surface area contributed by atoms with Crippen LogP contribution in [0, 0.1) is 0 Å². The van der Waals surface area contributed by atoms with E-state index in [9.17, 15) is 14.4 Å². The topological polar surface area (TPSA) is 60.8 Å². The van der Waals surface area contributed by atoms with Crippen molar-refractivity contribution in [1.29, 1.82) is 0 Å². The lowest BCUT2D eigenvalue weighted by Gasteiger charge is -2.38. The maximum absolute atomic E-state index is 11.7. The van der Waals surface area contributed by atoms with Crippen LogP contribution in [0.5, 0.6) is 0 Å². The third kappa shape index (κ3) is 8.09. The average Bonchev–Trinajstić information content (AvgIpc) is 2.27. The van der Waals surface area contributed by atoms with Crippen molar-refractivity contribution in [3.8, 4) is 0 Å². The van der Waals surface area contributed by atoms with E-state index < -0.39 is 13.3 Å². The first-order valence-electron chi connectivity index (χ1n) is 7.59. The van der Waals surface area contributed by atoms with Gasteiger partial charge in [-0.25, -0.2) is 9.24 Å². The highest BCUT2D eigenvalue weighted by molar-refractivity contribution is 7.49. The van der Waals surface area contributed by atoms with Gasteiger partial charge in [0.05, 0.1) is 0 Å². The standard InChI is InChI=1S/C14H32NO3P/c1-5-7-9-11-13-15(19(16,17)18)14(3,4)12-10-8-6-2/h5-13H2,1-4H3,(H2,16,17,18). The highest BCUT2D eigenvalue weighted by Gasteiger charge is 2.37. The molecule has 0 aliphatic rings. The maximum atomic E-state index is 11.7. The zero-order chi connectivity index (χ0) is 14.9. The third-order valence-electron chi connectivity index (χ3n) is 3.63. The molecule has 0 bridgehead atoms. The summed E-state index contributed by atoms with van der Waals surface area (Å²) in [6.07, 6.45) is 8.26. The van der Waals surface area contributed by atoms with Gasteiger partial charge >= 0.3 is 7.75 Å². The van der Waals surface area contributed by atoms with Gasteiger partial charge in [-0.1, -0.05) is 52.4 Å². The van der Waals surface area contributed by atoms with E-state index in [2.05, 4.69) is 13.8 Å². The summed E-state index contributed by atoms with van der Waals surface area (Å²) in [5.74, 6) is 0. The predicted molar refractivity (Wildman–Crippen MR) is 81.1 cm³/mol. The van der Waals surface area contributed by atoms with Crippen molar-refractivity contribution in [3.63, 3.8) is 0 Å². The van der Waals surface area contributed by atoms with Crippen LogP contribution in [-0.2, 0) is 4.57 Å². The quantitative estimate of drug-likeness (QED) is 0.440. The molecule has 116 valence electrons. The molecule has 5 heteroatoms. The molecule has 4 nitrogen and oxygen atoms in total. The summed E-state index contributed by atoms with van der Waals surface area (Å²) in [6.45, 7) is 8.65. The second-order valence-corrected chi connectivity index (χ2v) is 7.48. The van der Waals surface area contributed by atoms with Crippen molar-refractivity contribution in [2.45, 2.75) is 84.6 Å². The van der Waals surface area contributed by atoms with E-state index >= 15 is 0 Å². The summed E-state index contributed by atoms with van der Waals surface area (Å²) >= 11 is 0.